The molecule has 0 radical (unpaired) electrons. The van der Waals surface area contributed by atoms with Crippen molar-refractivity contribution in [3.8, 4) is 0 Å². The third-order valence-corrected chi connectivity index (χ3v) is 9.24. The molecule has 3 saturated heterocycles. The Balaban J connectivity index is 1.45. The summed E-state index contributed by atoms with van der Waals surface area (Å²) in [5, 5.41) is 2.84. The Labute approximate surface area is 169 Å². The van der Waals surface area contributed by atoms with E-state index in [-0.39, 0.29) is 21.6 Å². The highest BCUT2D eigenvalue weighted by Crippen LogP contribution is 2.47. The minimum absolute atomic E-state index is 0.0237. The fraction of sp³-hybridized carbons (Fsp3) is 0.579. The molecule has 0 saturated carbocycles. The van der Waals surface area contributed by atoms with Crippen molar-refractivity contribution in [1.82, 2.24) is 9.21 Å². The van der Waals surface area contributed by atoms with Gasteiger partial charge in [-0.1, -0.05) is 6.42 Å². The van der Waals surface area contributed by atoms with Gasteiger partial charge < -0.3 is 10.2 Å². The number of amides is 2. The summed E-state index contributed by atoms with van der Waals surface area (Å²) >= 11 is 1.65. The van der Waals surface area contributed by atoms with Gasteiger partial charge in [0.1, 0.15) is 6.04 Å². The van der Waals surface area contributed by atoms with Gasteiger partial charge in [0.15, 0.2) is 0 Å². The van der Waals surface area contributed by atoms with E-state index in [1.165, 1.54) is 16.4 Å². The van der Waals surface area contributed by atoms with Gasteiger partial charge in [0.25, 0.3) is 0 Å². The number of hydrogen-bond acceptors (Lipinski definition) is 5. The Morgan fingerprint density at radius 3 is 2.54 bits per heavy atom. The molecule has 3 fully saturated rings. The van der Waals surface area contributed by atoms with Crippen LogP contribution in [0.4, 0.5) is 5.69 Å². The van der Waals surface area contributed by atoms with Crippen LogP contribution in [0.1, 0.15) is 39.0 Å². The second-order valence-electron chi connectivity index (χ2n) is 7.74. The third-order valence-electron chi connectivity index (χ3n) is 5.82. The monoisotopic (exact) mass is 423 g/mol. The first-order valence-electron chi connectivity index (χ1n) is 9.68. The number of piperidine rings is 1. The van der Waals surface area contributed by atoms with E-state index in [2.05, 4.69) is 5.32 Å². The molecular formula is C19H25N3O4S2. The number of carbonyl (C=O) groups excluding carboxylic acids is 2. The van der Waals surface area contributed by atoms with Crippen molar-refractivity contribution >= 4 is 39.3 Å². The van der Waals surface area contributed by atoms with Crippen molar-refractivity contribution in [2.45, 2.75) is 54.8 Å². The first-order chi connectivity index (χ1) is 13.3. The van der Waals surface area contributed by atoms with E-state index in [0.717, 1.165) is 25.7 Å². The van der Waals surface area contributed by atoms with E-state index in [0.29, 0.717) is 31.0 Å². The summed E-state index contributed by atoms with van der Waals surface area (Å²) in [5.41, 5.74) is 0.535. The van der Waals surface area contributed by atoms with Crippen LogP contribution in [-0.4, -0.2) is 59.2 Å². The van der Waals surface area contributed by atoms with E-state index in [9.17, 15) is 18.0 Å². The molecule has 1 N–H and O–H groups in total. The number of hydrogen-bond donors (Lipinski definition) is 1. The number of fused-ring (bicyclic) bond motifs is 1. The first-order valence-corrected chi connectivity index (χ1v) is 12.1. The van der Waals surface area contributed by atoms with Crippen LogP contribution in [0.2, 0.25) is 0 Å². The standard InChI is InChI=1S/C19H25N3O4S2/c1-19-10-9-17(23)22(19)16(13-27-19)18(24)20-14-5-7-15(8-6-14)28(25,26)21-11-3-2-4-12-21/h5-8,16H,2-4,9-13H2,1H3,(H,20,24)/t16-,19+/m1/s1. The highest BCUT2D eigenvalue weighted by atomic mass is 32.2. The fourth-order valence-corrected chi connectivity index (χ4v) is 7.15. The number of rotatable bonds is 4. The van der Waals surface area contributed by atoms with Crippen molar-refractivity contribution in [2.24, 2.45) is 0 Å². The van der Waals surface area contributed by atoms with E-state index in [1.54, 1.807) is 28.8 Å². The number of anilines is 1. The summed E-state index contributed by atoms with van der Waals surface area (Å²) in [6.45, 7) is 3.13. The number of nitrogens with zero attached hydrogens (tertiary/aromatic N) is 2. The van der Waals surface area contributed by atoms with Crippen LogP contribution in [-0.2, 0) is 19.6 Å². The minimum Gasteiger partial charge on any atom is -0.324 e. The fourth-order valence-electron chi connectivity index (χ4n) is 4.20. The van der Waals surface area contributed by atoms with Crippen LogP contribution in [0.25, 0.3) is 0 Å². The van der Waals surface area contributed by atoms with Gasteiger partial charge >= 0.3 is 0 Å². The van der Waals surface area contributed by atoms with Crippen LogP contribution in [0.3, 0.4) is 0 Å². The number of nitrogens with one attached hydrogen (secondary N) is 1. The lowest BCUT2D eigenvalue weighted by atomic mass is 10.2. The van der Waals surface area contributed by atoms with Crippen LogP contribution >= 0.6 is 11.8 Å². The molecule has 28 heavy (non-hydrogen) atoms. The quantitative estimate of drug-likeness (QED) is 0.803. The Bertz CT molecular complexity index is 881. The second-order valence-corrected chi connectivity index (χ2v) is 11.2. The molecule has 3 aliphatic rings. The number of benzene rings is 1. The third kappa shape index (κ3) is 3.44. The zero-order chi connectivity index (χ0) is 19.9. The van der Waals surface area contributed by atoms with Gasteiger partial charge in [0.05, 0.1) is 9.77 Å². The molecule has 152 valence electrons. The van der Waals surface area contributed by atoms with E-state index < -0.39 is 16.1 Å². The lowest BCUT2D eigenvalue weighted by Gasteiger charge is -2.29. The van der Waals surface area contributed by atoms with E-state index >= 15 is 0 Å². The maximum Gasteiger partial charge on any atom is 0.248 e. The molecule has 0 unspecified atom stereocenters. The van der Waals surface area contributed by atoms with Gasteiger partial charge in [-0.05, 0) is 50.5 Å². The molecule has 0 aromatic heterocycles. The molecule has 3 aliphatic heterocycles. The molecular weight excluding hydrogens is 398 g/mol. The molecule has 0 bridgehead atoms. The van der Waals surface area contributed by atoms with Crippen molar-refractivity contribution in [3.05, 3.63) is 24.3 Å². The molecule has 7 nitrogen and oxygen atoms in total. The minimum atomic E-state index is -3.49. The second kappa shape index (κ2) is 7.35. The summed E-state index contributed by atoms with van der Waals surface area (Å²) in [4.78, 5) is 26.6. The normalized spacial score (nSPS) is 28.4. The zero-order valence-electron chi connectivity index (χ0n) is 15.9. The van der Waals surface area contributed by atoms with Gasteiger partial charge in [-0.3, -0.25) is 9.59 Å². The Kier molecular flexibility index (Phi) is 5.18. The summed E-state index contributed by atoms with van der Waals surface area (Å²) in [7, 11) is -3.49. The molecule has 9 heteroatoms. The summed E-state index contributed by atoms with van der Waals surface area (Å²) in [6.07, 6.45) is 4.09. The molecule has 0 aliphatic carbocycles. The zero-order valence-corrected chi connectivity index (χ0v) is 17.5. The number of carbonyl (C=O) groups is 2. The SMILES string of the molecule is C[C@]12CCC(=O)N1[C@@H](C(=O)Nc1ccc(S(=O)(=O)N3CCCCC3)cc1)CS2. The van der Waals surface area contributed by atoms with Gasteiger partial charge in [0, 0.05) is 31.0 Å². The van der Waals surface area contributed by atoms with Crippen LogP contribution in [0.5, 0.6) is 0 Å². The van der Waals surface area contributed by atoms with Crippen molar-refractivity contribution in [2.75, 3.05) is 24.2 Å². The summed E-state index contributed by atoms with van der Waals surface area (Å²) in [5.74, 6) is 0.379. The smallest absolute Gasteiger partial charge is 0.248 e. The summed E-state index contributed by atoms with van der Waals surface area (Å²) in [6, 6.07) is 5.81. The molecule has 0 spiro atoms. The molecule has 4 rings (SSSR count). The van der Waals surface area contributed by atoms with Gasteiger partial charge in [-0.25, -0.2) is 8.42 Å². The average Bonchev–Trinajstić information content (AvgIpc) is 3.19. The predicted octanol–water partition coefficient (Wildman–Crippen LogP) is 2.25. The van der Waals surface area contributed by atoms with Gasteiger partial charge in [0.2, 0.25) is 21.8 Å². The first kappa shape index (κ1) is 19.7. The maximum absolute atomic E-state index is 12.7. The Morgan fingerprint density at radius 2 is 1.86 bits per heavy atom. The maximum atomic E-state index is 12.7. The van der Waals surface area contributed by atoms with E-state index in [4.69, 9.17) is 0 Å². The Hall–Kier alpha value is -1.58. The Morgan fingerprint density at radius 1 is 1.18 bits per heavy atom. The topological polar surface area (TPSA) is 86.8 Å². The van der Waals surface area contributed by atoms with Crippen LogP contribution in [0, 0.1) is 0 Å². The summed E-state index contributed by atoms with van der Waals surface area (Å²) < 4.78 is 27.0. The van der Waals surface area contributed by atoms with Gasteiger partial charge in [-0.15, -0.1) is 11.8 Å². The number of thioether (sulfide) groups is 1. The predicted molar refractivity (Wildman–Crippen MR) is 108 cm³/mol. The van der Waals surface area contributed by atoms with Gasteiger partial charge in [-0.2, -0.15) is 4.31 Å². The lowest BCUT2D eigenvalue weighted by molar-refractivity contribution is -0.135. The number of sulfonamides is 1. The highest BCUT2D eigenvalue weighted by Gasteiger charge is 2.52. The largest absolute Gasteiger partial charge is 0.324 e. The van der Waals surface area contributed by atoms with Crippen LogP contribution < -0.4 is 5.32 Å². The average molecular weight is 424 g/mol. The molecule has 1 aromatic carbocycles. The van der Waals surface area contributed by atoms with Crippen molar-refractivity contribution in [1.29, 1.82) is 0 Å². The van der Waals surface area contributed by atoms with Crippen LogP contribution in [0.15, 0.2) is 29.2 Å². The molecule has 3 heterocycles. The highest BCUT2D eigenvalue weighted by molar-refractivity contribution is 8.01. The lowest BCUT2D eigenvalue weighted by Crippen LogP contribution is -2.48. The van der Waals surface area contributed by atoms with Crippen molar-refractivity contribution in [3.63, 3.8) is 0 Å². The molecule has 2 atom stereocenters. The van der Waals surface area contributed by atoms with Crippen molar-refractivity contribution < 1.29 is 18.0 Å². The molecule has 2 amide bonds. The molecule has 1 aromatic rings. The van der Waals surface area contributed by atoms with E-state index in [1.807, 2.05) is 6.92 Å².